The number of aromatic amines is 1. The summed E-state index contributed by atoms with van der Waals surface area (Å²) < 4.78 is 0. The van der Waals surface area contributed by atoms with Crippen LogP contribution in [-0.4, -0.2) is 22.7 Å². The van der Waals surface area contributed by atoms with E-state index in [1.54, 1.807) is 31.2 Å². The predicted molar refractivity (Wildman–Crippen MR) is 138 cm³/mol. The van der Waals surface area contributed by atoms with Crippen LogP contribution >= 0.6 is 0 Å². The Morgan fingerprint density at radius 3 is 2.54 bits per heavy atom. The lowest BCUT2D eigenvalue weighted by Gasteiger charge is -2.14. The lowest BCUT2D eigenvalue weighted by atomic mass is 10.0. The molecule has 1 unspecified atom stereocenters. The molecule has 1 aromatic heterocycles. The molecule has 1 aliphatic rings. The van der Waals surface area contributed by atoms with Gasteiger partial charge in [0.05, 0.1) is 17.3 Å². The Kier molecular flexibility index (Phi) is 6.56. The van der Waals surface area contributed by atoms with Crippen LogP contribution in [-0.2, 0) is 9.59 Å². The van der Waals surface area contributed by atoms with Gasteiger partial charge in [-0.2, -0.15) is 0 Å². The SMILES string of the molecule is CC#CC(=O)Nc1c(C)[nH]c(C=C2C(=O)Nc3ccc(C(=O)NC(C)c4ccccc4)cc32)c1C. The molecule has 2 aromatic carbocycles. The van der Waals surface area contributed by atoms with Gasteiger partial charge in [-0.1, -0.05) is 36.3 Å². The molecule has 0 radical (unpaired) electrons. The van der Waals surface area contributed by atoms with Crippen molar-refractivity contribution in [3.8, 4) is 11.8 Å². The topological polar surface area (TPSA) is 103 Å². The van der Waals surface area contributed by atoms with E-state index in [2.05, 4.69) is 32.8 Å². The maximum atomic E-state index is 12.9. The molecule has 0 spiro atoms. The number of nitrogens with one attached hydrogen (secondary N) is 4. The molecule has 3 amide bonds. The summed E-state index contributed by atoms with van der Waals surface area (Å²) in [6, 6.07) is 14.7. The largest absolute Gasteiger partial charge is 0.357 e. The van der Waals surface area contributed by atoms with Crippen LogP contribution in [0.25, 0.3) is 11.6 Å². The minimum absolute atomic E-state index is 0.165. The van der Waals surface area contributed by atoms with Crippen LogP contribution in [0.15, 0.2) is 48.5 Å². The van der Waals surface area contributed by atoms with Gasteiger partial charge in [0.25, 0.3) is 17.7 Å². The first-order valence-corrected chi connectivity index (χ1v) is 11.2. The molecule has 0 bridgehead atoms. The monoisotopic (exact) mass is 466 g/mol. The van der Waals surface area contributed by atoms with Gasteiger partial charge in [0.1, 0.15) is 0 Å². The van der Waals surface area contributed by atoms with Gasteiger partial charge in [0.15, 0.2) is 0 Å². The highest BCUT2D eigenvalue weighted by Crippen LogP contribution is 2.35. The summed E-state index contributed by atoms with van der Waals surface area (Å²) in [5.41, 5.74) is 6.03. The highest BCUT2D eigenvalue weighted by Gasteiger charge is 2.26. The third-order valence-electron chi connectivity index (χ3n) is 5.95. The number of fused-ring (bicyclic) bond motifs is 1. The molecule has 35 heavy (non-hydrogen) atoms. The van der Waals surface area contributed by atoms with Crippen LogP contribution in [0.2, 0.25) is 0 Å². The van der Waals surface area contributed by atoms with Crippen molar-refractivity contribution in [2.45, 2.75) is 33.7 Å². The van der Waals surface area contributed by atoms with E-state index in [1.165, 1.54) is 0 Å². The van der Waals surface area contributed by atoms with Crippen LogP contribution in [0.4, 0.5) is 11.4 Å². The molecule has 2 heterocycles. The molecule has 3 aromatic rings. The molecule has 0 saturated heterocycles. The molecule has 0 aliphatic carbocycles. The summed E-state index contributed by atoms with van der Waals surface area (Å²) in [5, 5.41) is 8.64. The Morgan fingerprint density at radius 1 is 1.09 bits per heavy atom. The third-order valence-corrected chi connectivity index (χ3v) is 5.95. The van der Waals surface area contributed by atoms with Gasteiger partial charge in [-0.15, -0.1) is 0 Å². The molecule has 7 nitrogen and oxygen atoms in total. The normalized spacial score (nSPS) is 13.9. The number of hydrogen-bond acceptors (Lipinski definition) is 3. The number of amides is 3. The fourth-order valence-electron chi connectivity index (χ4n) is 4.09. The minimum atomic E-state index is -0.402. The van der Waals surface area contributed by atoms with Crippen molar-refractivity contribution in [2.75, 3.05) is 10.6 Å². The second kappa shape index (κ2) is 9.74. The summed E-state index contributed by atoms with van der Waals surface area (Å²) in [5.74, 6) is 4.15. The molecule has 4 N–H and O–H groups in total. The lowest BCUT2D eigenvalue weighted by Crippen LogP contribution is -2.26. The summed E-state index contributed by atoms with van der Waals surface area (Å²) in [4.78, 5) is 40.9. The molecule has 1 aliphatic heterocycles. The molecule has 0 saturated carbocycles. The summed E-state index contributed by atoms with van der Waals surface area (Å²) in [6.07, 6.45) is 1.74. The van der Waals surface area contributed by atoms with Gasteiger partial charge in [-0.3, -0.25) is 14.4 Å². The Hall–Kier alpha value is -4.57. The van der Waals surface area contributed by atoms with E-state index in [0.29, 0.717) is 33.8 Å². The van der Waals surface area contributed by atoms with E-state index in [4.69, 9.17) is 0 Å². The van der Waals surface area contributed by atoms with E-state index in [1.807, 2.05) is 51.1 Å². The number of hydrogen-bond donors (Lipinski definition) is 4. The number of carbonyl (C=O) groups excluding carboxylic acids is 3. The average molecular weight is 467 g/mol. The number of benzene rings is 2. The summed E-state index contributed by atoms with van der Waals surface area (Å²) in [6.45, 7) is 7.21. The van der Waals surface area contributed by atoms with E-state index >= 15 is 0 Å². The number of H-pyrrole nitrogens is 1. The number of carbonyl (C=O) groups is 3. The third kappa shape index (κ3) is 4.87. The molecule has 7 heteroatoms. The van der Waals surface area contributed by atoms with Crippen LogP contribution in [0.1, 0.15) is 58.3 Å². The molecule has 176 valence electrons. The summed E-state index contributed by atoms with van der Waals surface area (Å²) in [7, 11) is 0. The van der Waals surface area contributed by atoms with Gasteiger partial charge in [-0.25, -0.2) is 0 Å². The van der Waals surface area contributed by atoms with Crippen molar-refractivity contribution in [1.82, 2.24) is 10.3 Å². The van der Waals surface area contributed by atoms with E-state index in [9.17, 15) is 14.4 Å². The fourth-order valence-corrected chi connectivity index (χ4v) is 4.09. The van der Waals surface area contributed by atoms with Crippen molar-refractivity contribution in [2.24, 2.45) is 0 Å². The van der Waals surface area contributed by atoms with Crippen LogP contribution in [0.3, 0.4) is 0 Å². The van der Waals surface area contributed by atoms with Gasteiger partial charge < -0.3 is 20.9 Å². The van der Waals surface area contributed by atoms with Crippen LogP contribution in [0.5, 0.6) is 0 Å². The Balaban J connectivity index is 1.63. The van der Waals surface area contributed by atoms with Crippen LogP contribution < -0.4 is 16.0 Å². The zero-order chi connectivity index (χ0) is 25.1. The van der Waals surface area contributed by atoms with Crippen molar-refractivity contribution >= 4 is 40.7 Å². The van der Waals surface area contributed by atoms with Crippen molar-refractivity contribution < 1.29 is 14.4 Å². The smallest absolute Gasteiger partial charge is 0.300 e. The van der Waals surface area contributed by atoms with Gasteiger partial charge in [-0.05, 0) is 69.0 Å². The number of aryl methyl sites for hydroxylation is 1. The first-order valence-electron chi connectivity index (χ1n) is 11.2. The molecule has 1 atom stereocenters. The van der Waals surface area contributed by atoms with Crippen molar-refractivity contribution in [3.63, 3.8) is 0 Å². The lowest BCUT2D eigenvalue weighted by molar-refractivity contribution is -0.111. The highest BCUT2D eigenvalue weighted by molar-refractivity contribution is 6.35. The highest BCUT2D eigenvalue weighted by atomic mass is 16.2. The minimum Gasteiger partial charge on any atom is -0.357 e. The Bertz CT molecular complexity index is 1420. The zero-order valence-corrected chi connectivity index (χ0v) is 20.0. The van der Waals surface area contributed by atoms with Crippen molar-refractivity contribution in [3.05, 3.63) is 82.2 Å². The predicted octanol–water partition coefficient (Wildman–Crippen LogP) is 4.58. The first-order chi connectivity index (χ1) is 16.8. The van der Waals surface area contributed by atoms with E-state index in [0.717, 1.165) is 16.8 Å². The quantitative estimate of drug-likeness (QED) is 0.327. The second-order valence-corrected chi connectivity index (χ2v) is 8.37. The van der Waals surface area contributed by atoms with Gasteiger partial charge >= 0.3 is 0 Å². The fraction of sp³-hybridized carbons (Fsp3) is 0.179. The Labute approximate surface area is 204 Å². The summed E-state index contributed by atoms with van der Waals surface area (Å²) >= 11 is 0. The van der Waals surface area contributed by atoms with Gasteiger partial charge in [0.2, 0.25) is 0 Å². The maximum Gasteiger partial charge on any atom is 0.300 e. The standard InChI is InChI=1S/C28H26N4O3/c1-5-9-25(33)32-26-16(2)24(29-18(26)4)15-22-21-14-20(12-13-23(21)31-28(22)35)27(34)30-17(3)19-10-7-6-8-11-19/h6-8,10-15,17,29H,1-4H3,(H,30,34)(H,31,35)(H,32,33). The van der Waals surface area contributed by atoms with E-state index < -0.39 is 5.91 Å². The molecular formula is C28H26N4O3. The Morgan fingerprint density at radius 2 is 1.83 bits per heavy atom. The average Bonchev–Trinajstić information content (AvgIpc) is 3.29. The number of aromatic nitrogens is 1. The first kappa shape index (κ1) is 23.6. The number of anilines is 2. The molecule has 0 fully saturated rings. The molecule has 4 rings (SSSR count). The number of rotatable bonds is 5. The van der Waals surface area contributed by atoms with Crippen LogP contribution in [0, 0.1) is 25.7 Å². The second-order valence-electron chi connectivity index (χ2n) is 8.37. The van der Waals surface area contributed by atoms with Crippen molar-refractivity contribution in [1.29, 1.82) is 0 Å². The van der Waals surface area contributed by atoms with E-state index in [-0.39, 0.29) is 17.9 Å². The van der Waals surface area contributed by atoms with Gasteiger partial charge in [0, 0.05) is 28.2 Å². The maximum absolute atomic E-state index is 12.9. The molecular weight excluding hydrogens is 440 g/mol. The zero-order valence-electron chi connectivity index (χ0n) is 20.0.